The number of nitrogens with zero attached hydrogens (tertiary/aromatic N) is 2. The number of para-hydroxylation sites is 1. The molecule has 1 saturated heterocycles. The molecular formula is C23H28F3N3O6S. The third-order valence-electron chi connectivity index (χ3n) is 5.21. The van der Waals surface area contributed by atoms with Crippen LogP contribution in [0.25, 0.3) is 0 Å². The van der Waals surface area contributed by atoms with Gasteiger partial charge in [0.15, 0.2) is 0 Å². The van der Waals surface area contributed by atoms with Crippen molar-refractivity contribution in [2.24, 2.45) is 0 Å². The standard InChI is InChI=1S/C21H27N3O4S.C2HF3O2/c1-28-20-10-6-5-7-18(20)17-24(29(26,27)19-8-3-2-4-9-19)14-11-21(25)23-15-12-22-13-16-23;3-2(4,5)1(6)7/h2-10,22H,11-17H2,1H3;(H,6,7). The number of alkyl halides is 3. The lowest BCUT2D eigenvalue weighted by Crippen LogP contribution is -2.47. The van der Waals surface area contributed by atoms with Crippen molar-refractivity contribution in [3.8, 4) is 5.75 Å². The summed E-state index contributed by atoms with van der Waals surface area (Å²) in [7, 11) is -2.20. The number of methoxy groups -OCH3 is 1. The Morgan fingerprint density at radius 3 is 2.17 bits per heavy atom. The van der Waals surface area contributed by atoms with Gasteiger partial charge in [-0.25, -0.2) is 13.2 Å². The van der Waals surface area contributed by atoms with E-state index < -0.39 is 22.2 Å². The first kappa shape index (κ1) is 29.1. The number of carboxylic acid groups (broad SMARTS) is 1. The highest BCUT2D eigenvalue weighted by Crippen LogP contribution is 2.24. The minimum absolute atomic E-state index is 0.0280. The van der Waals surface area contributed by atoms with Gasteiger partial charge in [-0.3, -0.25) is 4.79 Å². The van der Waals surface area contributed by atoms with E-state index in [1.807, 2.05) is 18.2 Å². The molecule has 3 rings (SSSR count). The van der Waals surface area contributed by atoms with E-state index in [0.717, 1.165) is 18.7 Å². The van der Waals surface area contributed by atoms with E-state index in [-0.39, 0.29) is 30.3 Å². The highest BCUT2D eigenvalue weighted by Gasteiger charge is 2.38. The smallest absolute Gasteiger partial charge is 0.490 e. The Labute approximate surface area is 207 Å². The fourth-order valence-electron chi connectivity index (χ4n) is 3.34. The highest BCUT2D eigenvalue weighted by molar-refractivity contribution is 7.89. The minimum Gasteiger partial charge on any atom is -0.496 e. The van der Waals surface area contributed by atoms with Gasteiger partial charge in [0, 0.05) is 51.3 Å². The van der Waals surface area contributed by atoms with Crippen molar-refractivity contribution in [1.82, 2.24) is 14.5 Å². The van der Waals surface area contributed by atoms with Crippen LogP contribution < -0.4 is 10.1 Å². The number of carboxylic acids is 1. The van der Waals surface area contributed by atoms with Crippen molar-refractivity contribution in [2.75, 3.05) is 39.8 Å². The average molecular weight is 532 g/mol. The van der Waals surface area contributed by atoms with Crippen LogP contribution in [-0.2, 0) is 26.2 Å². The molecular weight excluding hydrogens is 503 g/mol. The average Bonchev–Trinajstić information content (AvgIpc) is 2.87. The molecule has 2 aromatic rings. The minimum atomic E-state index is -5.08. The number of halogens is 3. The molecule has 0 bridgehead atoms. The number of carbonyl (C=O) groups is 2. The second-order valence-corrected chi connectivity index (χ2v) is 9.59. The molecule has 0 aliphatic carbocycles. The van der Waals surface area contributed by atoms with Crippen LogP contribution in [0.4, 0.5) is 13.2 Å². The molecule has 0 unspecified atom stereocenters. The van der Waals surface area contributed by atoms with Crippen LogP contribution in [0.3, 0.4) is 0 Å². The van der Waals surface area contributed by atoms with E-state index in [1.54, 1.807) is 48.4 Å². The number of amides is 1. The SMILES string of the molecule is COc1ccccc1CN(CCC(=O)N1CCNCC1)S(=O)(=O)c1ccccc1.O=C(O)C(F)(F)F. The van der Waals surface area contributed by atoms with Gasteiger partial charge in [0.25, 0.3) is 0 Å². The van der Waals surface area contributed by atoms with Crippen molar-refractivity contribution < 1.29 is 41.0 Å². The van der Waals surface area contributed by atoms with Gasteiger partial charge in [0.05, 0.1) is 12.0 Å². The van der Waals surface area contributed by atoms with Crippen LogP contribution in [0.15, 0.2) is 59.5 Å². The summed E-state index contributed by atoms with van der Waals surface area (Å²) < 4.78 is 65.0. The quantitative estimate of drug-likeness (QED) is 0.537. The molecule has 9 nitrogen and oxygen atoms in total. The summed E-state index contributed by atoms with van der Waals surface area (Å²) in [5.74, 6) is -2.17. The Morgan fingerprint density at radius 1 is 1.06 bits per heavy atom. The number of piperazine rings is 1. The largest absolute Gasteiger partial charge is 0.496 e. The summed E-state index contributed by atoms with van der Waals surface area (Å²) >= 11 is 0. The van der Waals surface area contributed by atoms with Gasteiger partial charge in [-0.1, -0.05) is 36.4 Å². The molecule has 36 heavy (non-hydrogen) atoms. The molecule has 198 valence electrons. The lowest BCUT2D eigenvalue weighted by Gasteiger charge is -2.29. The van der Waals surface area contributed by atoms with Crippen molar-refractivity contribution >= 4 is 21.9 Å². The summed E-state index contributed by atoms with van der Waals surface area (Å²) in [5, 5.41) is 10.3. The fourth-order valence-corrected chi connectivity index (χ4v) is 4.78. The molecule has 2 aromatic carbocycles. The van der Waals surface area contributed by atoms with Gasteiger partial charge in [0.2, 0.25) is 15.9 Å². The zero-order valence-corrected chi connectivity index (χ0v) is 20.4. The normalized spacial score (nSPS) is 14.1. The zero-order chi connectivity index (χ0) is 26.8. The van der Waals surface area contributed by atoms with Crippen LogP contribution in [-0.4, -0.2) is 80.6 Å². The Kier molecular flexibility index (Phi) is 10.7. The number of hydrogen-bond donors (Lipinski definition) is 2. The van der Waals surface area contributed by atoms with Gasteiger partial charge in [-0.2, -0.15) is 17.5 Å². The van der Waals surface area contributed by atoms with E-state index in [1.165, 1.54) is 4.31 Å². The Balaban J connectivity index is 0.000000572. The van der Waals surface area contributed by atoms with E-state index >= 15 is 0 Å². The maximum atomic E-state index is 13.3. The molecule has 0 aromatic heterocycles. The zero-order valence-electron chi connectivity index (χ0n) is 19.6. The molecule has 0 saturated carbocycles. The van der Waals surface area contributed by atoms with E-state index in [0.29, 0.717) is 18.8 Å². The van der Waals surface area contributed by atoms with Gasteiger partial charge in [-0.15, -0.1) is 0 Å². The van der Waals surface area contributed by atoms with E-state index in [4.69, 9.17) is 14.6 Å². The summed E-state index contributed by atoms with van der Waals surface area (Å²) in [6.07, 6.45) is -4.94. The van der Waals surface area contributed by atoms with Gasteiger partial charge < -0.3 is 20.1 Å². The van der Waals surface area contributed by atoms with Gasteiger partial charge in [-0.05, 0) is 18.2 Å². The van der Waals surface area contributed by atoms with Crippen LogP contribution >= 0.6 is 0 Å². The topological polar surface area (TPSA) is 116 Å². The first-order valence-electron chi connectivity index (χ1n) is 10.9. The summed E-state index contributed by atoms with van der Waals surface area (Å²) in [6.45, 7) is 3.07. The number of carbonyl (C=O) groups excluding carboxylic acids is 1. The summed E-state index contributed by atoms with van der Waals surface area (Å²) in [4.78, 5) is 23.5. The van der Waals surface area contributed by atoms with E-state index in [9.17, 15) is 26.4 Å². The number of rotatable bonds is 8. The maximum Gasteiger partial charge on any atom is 0.490 e. The molecule has 1 heterocycles. The monoisotopic (exact) mass is 531 g/mol. The second kappa shape index (κ2) is 13.2. The molecule has 0 radical (unpaired) electrons. The van der Waals surface area contributed by atoms with Crippen molar-refractivity contribution in [1.29, 1.82) is 0 Å². The lowest BCUT2D eigenvalue weighted by molar-refractivity contribution is -0.192. The third-order valence-corrected chi connectivity index (χ3v) is 7.07. The lowest BCUT2D eigenvalue weighted by atomic mass is 10.2. The molecule has 1 fully saturated rings. The molecule has 1 aliphatic heterocycles. The summed E-state index contributed by atoms with van der Waals surface area (Å²) in [6, 6.07) is 15.6. The predicted molar refractivity (Wildman–Crippen MR) is 125 cm³/mol. The fraction of sp³-hybridized carbons (Fsp3) is 0.391. The molecule has 13 heteroatoms. The first-order valence-corrected chi connectivity index (χ1v) is 12.4. The third kappa shape index (κ3) is 8.50. The molecule has 0 atom stereocenters. The molecule has 1 amide bonds. The number of sulfonamides is 1. The van der Waals surface area contributed by atoms with Crippen LogP contribution in [0.5, 0.6) is 5.75 Å². The Hall–Kier alpha value is -3.16. The van der Waals surface area contributed by atoms with Crippen LogP contribution in [0.1, 0.15) is 12.0 Å². The Bertz CT molecular complexity index is 1110. The van der Waals surface area contributed by atoms with Crippen LogP contribution in [0.2, 0.25) is 0 Å². The number of benzene rings is 2. The first-order chi connectivity index (χ1) is 17.0. The van der Waals surface area contributed by atoms with Crippen molar-refractivity contribution in [3.63, 3.8) is 0 Å². The predicted octanol–water partition coefficient (Wildman–Crippen LogP) is 2.34. The molecule has 0 spiro atoms. The molecule has 1 aliphatic rings. The van der Waals surface area contributed by atoms with Gasteiger partial charge >= 0.3 is 12.1 Å². The number of aliphatic carboxylic acids is 1. The number of nitrogens with one attached hydrogen (secondary N) is 1. The molecule has 2 N–H and O–H groups in total. The van der Waals surface area contributed by atoms with Crippen molar-refractivity contribution in [3.05, 3.63) is 60.2 Å². The van der Waals surface area contributed by atoms with Crippen LogP contribution in [0, 0.1) is 0 Å². The van der Waals surface area contributed by atoms with E-state index in [2.05, 4.69) is 5.32 Å². The summed E-state index contributed by atoms with van der Waals surface area (Å²) in [5.41, 5.74) is 0.754. The van der Waals surface area contributed by atoms with Gasteiger partial charge in [0.1, 0.15) is 5.75 Å². The van der Waals surface area contributed by atoms with Crippen molar-refractivity contribution in [2.45, 2.75) is 24.0 Å². The number of hydrogen-bond acceptors (Lipinski definition) is 6. The highest BCUT2D eigenvalue weighted by atomic mass is 32.2. The maximum absolute atomic E-state index is 13.3. The second-order valence-electron chi connectivity index (χ2n) is 7.65. The number of ether oxygens (including phenoxy) is 1. The Morgan fingerprint density at radius 2 is 1.61 bits per heavy atom.